The molecule has 1 fully saturated rings. The molecular weight excluding hydrogens is 558 g/mol. The Morgan fingerprint density at radius 1 is 1.09 bits per heavy atom. The smallest absolute Gasteiger partial charge is 0.251 e. The molecule has 3 amide bonds. The van der Waals surface area contributed by atoms with Gasteiger partial charge in [0.1, 0.15) is 5.84 Å². The van der Waals surface area contributed by atoms with Crippen molar-refractivity contribution < 1.29 is 14.4 Å². The van der Waals surface area contributed by atoms with Gasteiger partial charge in [-0.15, -0.1) is 0 Å². The van der Waals surface area contributed by atoms with E-state index in [-0.39, 0.29) is 42.2 Å². The number of hydrazone groups is 1. The molecule has 1 saturated carbocycles. The summed E-state index contributed by atoms with van der Waals surface area (Å²) in [4.78, 5) is 40.1. The van der Waals surface area contributed by atoms with Gasteiger partial charge in [0, 0.05) is 50.8 Å². The Kier molecular flexibility index (Phi) is 9.91. The number of rotatable bonds is 12. The molecule has 234 valence electrons. The lowest BCUT2D eigenvalue weighted by Gasteiger charge is -2.42. The summed E-state index contributed by atoms with van der Waals surface area (Å²) in [6.07, 6.45) is 2.17. The zero-order valence-electron chi connectivity index (χ0n) is 26.0. The lowest BCUT2D eigenvalue weighted by Crippen LogP contribution is -2.51. The number of amides is 3. The van der Waals surface area contributed by atoms with Gasteiger partial charge >= 0.3 is 0 Å². The van der Waals surface area contributed by atoms with Crippen LogP contribution in [0, 0.1) is 23.2 Å². The zero-order chi connectivity index (χ0) is 32.2. The molecule has 0 radical (unpaired) electrons. The van der Waals surface area contributed by atoms with Crippen molar-refractivity contribution in [2.45, 2.75) is 57.0 Å². The van der Waals surface area contributed by atoms with E-state index in [0.717, 1.165) is 28.7 Å². The monoisotopic (exact) mass is 601 g/mol. The number of benzene rings is 2. The van der Waals surface area contributed by atoms with Gasteiger partial charge in [-0.25, -0.2) is 11.4 Å². The molecule has 12 nitrogen and oxygen atoms in total. The number of hydrazine groups is 1. The number of hydrogen-bond donors (Lipinski definition) is 6. The van der Waals surface area contributed by atoms with Crippen molar-refractivity contribution in [2.24, 2.45) is 28.5 Å². The quantitative estimate of drug-likeness (QED) is 0.0902. The molecule has 0 heterocycles. The largest absolute Gasteiger partial charge is 0.385 e. The molecule has 0 aliphatic heterocycles. The highest BCUT2D eigenvalue weighted by molar-refractivity contribution is 5.99. The van der Waals surface area contributed by atoms with Gasteiger partial charge in [-0.3, -0.25) is 14.4 Å². The SMILES string of the molecule is CNC(=O)c1ccc2c(c1)Cc1cc(C(=O)NC)ccc1C2(CC(C)NCC(=O)N(C)C1C(C)C1CCC#N)/C(N)=N/NN. The second-order valence-corrected chi connectivity index (χ2v) is 11.8. The number of nitrogens with zero attached hydrogens (tertiary/aromatic N) is 3. The first-order chi connectivity index (χ1) is 21.0. The fourth-order valence-electron chi connectivity index (χ4n) is 6.91. The van der Waals surface area contributed by atoms with Gasteiger partial charge < -0.3 is 26.6 Å². The van der Waals surface area contributed by atoms with Crippen LogP contribution >= 0.6 is 0 Å². The first kappa shape index (κ1) is 32.4. The first-order valence-corrected chi connectivity index (χ1v) is 14.9. The molecule has 2 aliphatic rings. The number of nitrogens with two attached hydrogens (primary N) is 2. The molecule has 4 rings (SSSR count). The molecule has 2 aliphatic carbocycles. The minimum Gasteiger partial charge on any atom is -0.385 e. The summed E-state index contributed by atoms with van der Waals surface area (Å²) < 4.78 is 0. The Balaban J connectivity index is 1.69. The highest BCUT2D eigenvalue weighted by Gasteiger charge is 2.50. The van der Waals surface area contributed by atoms with Crippen molar-refractivity contribution in [1.29, 1.82) is 5.26 Å². The van der Waals surface area contributed by atoms with Crippen LogP contribution in [0.5, 0.6) is 0 Å². The molecule has 8 N–H and O–H groups in total. The Labute approximate surface area is 258 Å². The summed E-state index contributed by atoms with van der Waals surface area (Å²) in [6.45, 7) is 4.23. The number of fused-ring (bicyclic) bond motifs is 2. The fourth-order valence-corrected chi connectivity index (χ4v) is 6.91. The number of nitriles is 1. The van der Waals surface area contributed by atoms with Gasteiger partial charge in [0.2, 0.25) is 5.91 Å². The van der Waals surface area contributed by atoms with E-state index in [1.54, 1.807) is 31.1 Å². The average Bonchev–Trinajstić information content (AvgIpc) is 3.68. The van der Waals surface area contributed by atoms with E-state index in [1.807, 2.05) is 38.2 Å². The third-order valence-electron chi connectivity index (χ3n) is 9.27. The van der Waals surface area contributed by atoms with E-state index in [2.05, 4.69) is 39.6 Å². The molecule has 4 unspecified atom stereocenters. The van der Waals surface area contributed by atoms with E-state index in [4.69, 9.17) is 16.8 Å². The van der Waals surface area contributed by atoms with Gasteiger partial charge in [-0.05, 0) is 84.5 Å². The summed E-state index contributed by atoms with van der Waals surface area (Å²) in [5.41, 5.74) is 12.6. The van der Waals surface area contributed by atoms with Gasteiger partial charge in [-0.1, -0.05) is 19.1 Å². The number of hydrogen-bond acceptors (Lipinski definition) is 8. The highest BCUT2D eigenvalue weighted by Crippen LogP contribution is 2.47. The summed E-state index contributed by atoms with van der Waals surface area (Å²) in [6, 6.07) is 13.1. The van der Waals surface area contributed by atoms with Crippen LogP contribution in [-0.2, 0) is 16.6 Å². The van der Waals surface area contributed by atoms with Crippen molar-refractivity contribution >= 4 is 23.6 Å². The van der Waals surface area contributed by atoms with Gasteiger partial charge in [0.25, 0.3) is 11.8 Å². The Bertz CT molecular complexity index is 1430. The van der Waals surface area contributed by atoms with E-state index in [1.165, 1.54) is 0 Å². The van der Waals surface area contributed by atoms with Crippen LogP contribution in [0.25, 0.3) is 0 Å². The standard InChI is InChI=1S/C32H43N9O3/c1-18(38-17-27(42)41(5)28-19(2)24(28)7-6-12-33)16-32(31(34)39-40-35)25-10-8-20(29(43)36-3)13-22(25)15-23-14-21(30(44)37-4)9-11-26(23)32/h8-11,13-14,18-19,24,28,38,40H,6-7,15-17,35H2,1-5H3,(H2,34,39)(H,36,43)(H,37,44). The molecule has 2 aromatic rings. The van der Waals surface area contributed by atoms with Crippen molar-refractivity contribution in [2.75, 3.05) is 27.7 Å². The molecule has 4 atom stereocenters. The normalized spacial score (nSPS) is 20.3. The van der Waals surface area contributed by atoms with E-state index in [9.17, 15) is 14.4 Å². The number of likely N-dealkylation sites (N-methyl/N-ethyl adjacent to an activating group) is 1. The molecular formula is C32H43N9O3. The average molecular weight is 602 g/mol. The predicted octanol–water partition coefficient (Wildman–Crippen LogP) is 1.10. The summed E-state index contributed by atoms with van der Waals surface area (Å²) >= 11 is 0. The molecule has 12 heteroatoms. The van der Waals surface area contributed by atoms with Gasteiger partial charge in [0.05, 0.1) is 18.0 Å². The lowest BCUT2D eigenvalue weighted by molar-refractivity contribution is -0.129. The van der Waals surface area contributed by atoms with Crippen molar-refractivity contribution in [3.63, 3.8) is 0 Å². The van der Waals surface area contributed by atoms with Crippen LogP contribution < -0.4 is 33.1 Å². The predicted molar refractivity (Wildman–Crippen MR) is 168 cm³/mol. The molecule has 44 heavy (non-hydrogen) atoms. The maximum atomic E-state index is 13.2. The lowest BCUT2D eigenvalue weighted by atomic mass is 9.62. The fraction of sp³-hybridized carbons (Fsp3) is 0.469. The van der Waals surface area contributed by atoms with Crippen LogP contribution in [0.1, 0.15) is 76.1 Å². The second kappa shape index (κ2) is 13.4. The number of amidine groups is 1. The minimum absolute atomic E-state index is 0.0256. The molecule has 0 spiro atoms. The number of nitrogens with one attached hydrogen (secondary N) is 4. The Morgan fingerprint density at radius 3 is 2.16 bits per heavy atom. The third kappa shape index (κ3) is 6.11. The Hall–Kier alpha value is -4.47. The van der Waals surface area contributed by atoms with Crippen molar-refractivity contribution in [1.82, 2.24) is 26.4 Å². The maximum absolute atomic E-state index is 13.2. The zero-order valence-corrected chi connectivity index (χ0v) is 26.0. The summed E-state index contributed by atoms with van der Waals surface area (Å²) in [5.74, 6) is 6.11. The van der Waals surface area contributed by atoms with Crippen LogP contribution in [0.2, 0.25) is 0 Å². The van der Waals surface area contributed by atoms with Gasteiger partial charge in [-0.2, -0.15) is 10.4 Å². The van der Waals surface area contributed by atoms with Gasteiger partial charge in [0.15, 0.2) is 0 Å². The topological polar surface area (TPSA) is 191 Å². The van der Waals surface area contributed by atoms with E-state index >= 15 is 0 Å². The van der Waals surface area contributed by atoms with E-state index < -0.39 is 5.41 Å². The second-order valence-electron chi connectivity index (χ2n) is 11.8. The van der Waals surface area contributed by atoms with Crippen LogP contribution in [0.4, 0.5) is 0 Å². The molecule has 0 aromatic heterocycles. The van der Waals surface area contributed by atoms with Crippen LogP contribution in [0.3, 0.4) is 0 Å². The molecule has 2 aromatic carbocycles. The maximum Gasteiger partial charge on any atom is 0.251 e. The van der Waals surface area contributed by atoms with E-state index in [0.29, 0.717) is 42.2 Å². The minimum atomic E-state index is -0.994. The molecule has 0 saturated heterocycles. The summed E-state index contributed by atoms with van der Waals surface area (Å²) in [5, 5.41) is 21.9. The van der Waals surface area contributed by atoms with Crippen molar-refractivity contribution in [3.8, 4) is 6.07 Å². The molecule has 0 bridgehead atoms. The first-order valence-electron chi connectivity index (χ1n) is 14.9. The number of carbonyl (C=O) groups is 3. The van der Waals surface area contributed by atoms with Crippen LogP contribution in [-0.4, -0.2) is 68.2 Å². The Morgan fingerprint density at radius 2 is 1.66 bits per heavy atom. The number of carbonyl (C=O) groups excluding carboxylic acids is 3. The third-order valence-corrected chi connectivity index (χ3v) is 9.27. The van der Waals surface area contributed by atoms with Crippen molar-refractivity contribution in [3.05, 3.63) is 69.8 Å². The highest BCUT2D eigenvalue weighted by atomic mass is 16.2. The van der Waals surface area contributed by atoms with Crippen LogP contribution in [0.15, 0.2) is 41.5 Å². The summed E-state index contributed by atoms with van der Waals surface area (Å²) in [7, 11) is 4.98.